The highest BCUT2D eigenvalue weighted by Crippen LogP contribution is 2.20. The topological polar surface area (TPSA) is 29.1 Å². The molecule has 0 rings (SSSR count). The Kier molecular flexibility index (Phi) is 4.11. The molecule has 0 amide bonds. The number of ketones is 1. The number of Topliss-reactive ketones (excluding diaryl/α,β-unsaturated/α-hetero) is 1. The minimum atomic E-state index is -0.182. The number of hydrogen-bond acceptors (Lipinski definition) is 2. The SMILES string of the molecule is CCC(C)(C)C(=O)CNC(C)(C)C. The molecule has 0 radical (unpaired) electrons. The van der Waals surface area contributed by atoms with E-state index in [-0.39, 0.29) is 11.0 Å². The summed E-state index contributed by atoms with van der Waals surface area (Å²) in [6.07, 6.45) is 0.900. The number of nitrogens with one attached hydrogen (secondary N) is 1. The highest BCUT2D eigenvalue weighted by molar-refractivity contribution is 5.85. The van der Waals surface area contributed by atoms with Crippen LogP contribution in [-0.2, 0) is 4.79 Å². The summed E-state index contributed by atoms with van der Waals surface area (Å²) in [6.45, 7) is 12.7. The van der Waals surface area contributed by atoms with Gasteiger partial charge in [-0.1, -0.05) is 20.8 Å². The molecule has 2 heteroatoms. The van der Waals surface area contributed by atoms with Gasteiger partial charge in [0.25, 0.3) is 0 Å². The second-order valence-electron chi connectivity index (χ2n) is 5.26. The van der Waals surface area contributed by atoms with Crippen molar-refractivity contribution in [3.63, 3.8) is 0 Å². The minimum absolute atomic E-state index is 0.0273. The summed E-state index contributed by atoms with van der Waals surface area (Å²) in [5.41, 5.74) is -0.155. The molecule has 1 N–H and O–H groups in total. The first-order valence-corrected chi connectivity index (χ1v) is 4.97. The Labute approximate surface area is 82.1 Å². The molecule has 0 fully saturated rings. The molecule has 0 aromatic heterocycles. The van der Waals surface area contributed by atoms with Crippen LogP contribution >= 0.6 is 0 Å². The first kappa shape index (κ1) is 12.6. The summed E-state index contributed by atoms with van der Waals surface area (Å²) >= 11 is 0. The molecule has 0 aromatic rings. The van der Waals surface area contributed by atoms with Crippen molar-refractivity contribution in [2.24, 2.45) is 5.41 Å². The first-order valence-electron chi connectivity index (χ1n) is 4.97. The van der Waals surface area contributed by atoms with Crippen molar-refractivity contribution < 1.29 is 4.79 Å². The Morgan fingerprint density at radius 3 is 1.92 bits per heavy atom. The maximum Gasteiger partial charge on any atom is 0.152 e. The molecule has 0 heterocycles. The van der Waals surface area contributed by atoms with E-state index in [0.29, 0.717) is 12.3 Å². The van der Waals surface area contributed by atoms with E-state index in [1.54, 1.807) is 0 Å². The fourth-order valence-corrected chi connectivity index (χ4v) is 0.782. The molecule has 0 spiro atoms. The second kappa shape index (κ2) is 4.23. The van der Waals surface area contributed by atoms with Gasteiger partial charge < -0.3 is 5.32 Å². The smallest absolute Gasteiger partial charge is 0.152 e. The van der Waals surface area contributed by atoms with E-state index in [2.05, 4.69) is 33.0 Å². The van der Waals surface area contributed by atoms with E-state index >= 15 is 0 Å². The van der Waals surface area contributed by atoms with Crippen molar-refractivity contribution in [1.29, 1.82) is 0 Å². The van der Waals surface area contributed by atoms with Gasteiger partial charge in [-0.25, -0.2) is 0 Å². The highest BCUT2D eigenvalue weighted by atomic mass is 16.1. The van der Waals surface area contributed by atoms with E-state index in [4.69, 9.17) is 0 Å². The van der Waals surface area contributed by atoms with Gasteiger partial charge in [0, 0.05) is 11.0 Å². The van der Waals surface area contributed by atoms with Crippen molar-refractivity contribution in [1.82, 2.24) is 5.32 Å². The molecule has 0 aliphatic heterocycles. The standard InChI is InChI=1S/C11H23NO/c1-7-11(5,6)9(13)8-12-10(2,3)4/h12H,7-8H2,1-6H3. The quantitative estimate of drug-likeness (QED) is 0.728. The first-order chi connectivity index (χ1) is 5.69. The van der Waals surface area contributed by atoms with E-state index < -0.39 is 0 Å². The zero-order valence-electron chi connectivity index (χ0n) is 9.82. The summed E-state index contributed by atoms with van der Waals surface area (Å²) in [6, 6.07) is 0. The molecular formula is C11H23NO. The van der Waals surface area contributed by atoms with Gasteiger partial charge in [-0.2, -0.15) is 0 Å². The average Bonchev–Trinajstić information content (AvgIpc) is 1.98. The second-order valence-corrected chi connectivity index (χ2v) is 5.26. The van der Waals surface area contributed by atoms with E-state index in [1.165, 1.54) is 0 Å². The Balaban J connectivity index is 4.03. The largest absolute Gasteiger partial charge is 0.305 e. The van der Waals surface area contributed by atoms with Gasteiger partial charge in [-0.3, -0.25) is 4.79 Å². The van der Waals surface area contributed by atoms with Gasteiger partial charge >= 0.3 is 0 Å². The molecule has 2 nitrogen and oxygen atoms in total. The van der Waals surface area contributed by atoms with Gasteiger partial charge in [0.05, 0.1) is 6.54 Å². The molecule has 0 saturated heterocycles. The van der Waals surface area contributed by atoms with Gasteiger partial charge in [0.1, 0.15) is 0 Å². The summed E-state index contributed by atoms with van der Waals surface area (Å²) in [5, 5.41) is 3.21. The number of hydrogen-bond donors (Lipinski definition) is 1. The zero-order valence-corrected chi connectivity index (χ0v) is 9.82. The molecule has 0 aliphatic carbocycles. The van der Waals surface area contributed by atoms with Crippen LogP contribution < -0.4 is 5.32 Å². The van der Waals surface area contributed by atoms with Crippen molar-refractivity contribution in [2.75, 3.05) is 6.54 Å². The van der Waals surface area contributed by atoms with Crippen molar-refractivity contribution in [3.8, 4) is 0 Å². The third-order valence-electron chi connectivity index (χ3n) is 2.42. The number of rotatable bonds is 4. The molecule has 0 aliphatic rings. The summed E-state index contributed by atoms with van der Waals surface area (Å²) < 4.78 is 0. The molecule has 13 heavy (non-hydrogen) atoms. The number of carbonyl (C=O) groups is 1. The van der Waals surface area contributed by atoms with E-state index in [0.717, 1.165) is 6.42 Å². The summed E-state index contributed by atoms with van der Waals surface area (Å²) in [5.74, 6) is 0.296. The van der Waals surface area contributed by atoms with Crippen LogP contribution in [0.3, 0.4) is 0 Å². The van der Waals surface area contributed by atoms with Crippen molar-refractivity contribution in [3.05, 3.63) is 0 Å². The Morgan fingerprint density at radius 1 is 1.15 bits per heavy atom. The maximum atomic E-state index is 11.7. The predicted octanol–water partition coefficient (Wildman–Crippen LogP) is 2.38. The van der Waals surface area contributed by atoms with Crippen LogP contribution in [0.25, 0.3) is 0 Å². The lowest BCUT2D eigenvalue weighted by molar-refractivity contribution is -0.126. The maximum absolute atomic E-state index is 11.7. The molecule has 0 saturated carbocycles. The molecular weight excluding hydrogens is 162 g/mol. The fourth-order valence-electron chi connectivity index (χ4n) is 0.782. The van der Waals surface area contributed by atoms with Gasteiger partial charge in [-0.05, 0) is 27.2 Å². The van der Waals surface area contributed by atoms with Crippen LogP contribution in [0, 0.1) is 5.41 Å². The third kappa shape index (κ3) is 5.04. The molecule has 0 atom stereocenters. The van der Waals surface area contributed by atoms with Crippen LogP contribution in [0.15, 0.2) is 0 Å². The van der Waals surface area contributed by atoms with Crippen molar-refractivity contribution in [2.45, 2.75) is 53.5 Å². The van der Waals surface area contributed by atoms with Gasteiger partial charge in [0.15, 0.2) is 5.78 Å². The monoisotopic (exact) mass is 185 g/mol. The van der Waals surface area contributed by atoms with Crippen LogP contribution in [0.4, 0.5) is 0 Å². The lowest BCUT2D eigenvalue weighted by Crippen LogP contribution is -2.42. The Bertz CT molecular complexity index is 177. The Hall–Kier alpha value is -0.370. The van der Waals surface area contributed by atoms with Crippen LogP contribution in [-0.4, -0.2) is 17.9 Å². The summed E-state index contributed by atoms with van der Waals surface area (Å²) in [4.78, 5) is 11.7. The van der Waals surface area contributed by atoms with Crippen LogP contribution in [0.2, 0.25) is 0 Å². The van der Waals surface area contributed by atoms with E-state index in [9.17, 15) is 4.79 Å². The van der Waals surface area contributed by atoms with Crippen LogP contribution in [0.5, 0.6) is 0 Å². The predicted molar refractivity (Wildman–Crippen MR) is 56.8 cm³/mol. The Morgan fingerprint density at radius 2 is 1.62 bits per heavy atom. The minimum Gasteiger partial charge on any atom is -0.305 e. The fraction of sp³-hybridized carbons (Fsp3) is 0.909. The molecule has 0 unspecified atom stereocenters. The molecule has 0 bridgehead atoms. The highest BCUT2D eigenvalue weighted by Gasteiger charge is 2.25. The van der Waals surface area contributed by atoms with Gasteiger partial charge in [0.2, 0.25) is 0 Å². The molecule has 78 valence electrons. The van der Waals surface area contributed by atoms with Crippen molar-refractivity contribution >= 4 is 5.78 Å². The molecule has 0 aromatic carbocycles. The average molecular weight is 185 g/mol. The number of carbonyl (C=O) groups excluding carboxylic acids is 1. The lowest BCUT2D eigenvalue weighted by Gasteiger charge is -2.25. The summed E-state index contributed by atoms with van der Waals surface area (Å²) in [7, 11) is 0. The lowest BCUT2D eigenvalue weighted by atomic mass is 9.85. The van der Waals surface area contributed by atoms with Gasteiger partial charge in [-0.15, -0.1) is 0 Å². The normalized spacial score (nSPS) is 13.1. The third-order valence-corrected chi connectivity index (χ3v) is 2.42. The zero-order chi connectivity index (χ0) is 10.7. The van der Waals surface area contributed by atoms with E-state index in [1.807, 2.05) is 13.8 Å². The van der Waals surface area contributed by atoms with Crippen LogP contribution in [0.1, 0.15) is 48.0 Å².